The van der Waals surface area contributed by atoms with Gasteiger partial charge in [0.15, 0.2) is 0 Å². The van der Waals surface area contributed by atoms with Gasteiger partial charge in [-0.2, -0.15) is 0 Å². The molecule has 0 radical (unpaired) electrons. The molecule has 4 heteroatoms. The number of thiazole rings is 1. The summed E-state index contributed by atoms with van der Waals surface area (Å²) in [5.74, 6) is 0. The predicted octanol–water partition coefficient (Wildman–Crippen LogP) is 2.90. The van der Waals surface area contributed by atoms with Gasteiger partial charge >= 0.3 is 0 Å². The largest absolute Gasteiger partial charge is 0.315 e. The van der Waals surface area contributed by atoms with Gasteiger partial charge in [-0.05, 0) is 25.4 Å². The molecule has 1 N–H and O–H groups in total. The van der Waals surface area contributed by atoms with E-state index in [9.17, 15) is 0 Å². The van der Waals surface area contributed by atoms with Gasteiger partial charge in [0.2, 0.25) is 0 Å². The van der Waals surface area contributed by atoms with Gasteiger partial charge in [0, 0.05) is 28.1 Å². The van der Waals surface area contributed by atoms with Gasteiger partial charge < -0.3 is 5.32 Å². The Kier molecular flexibility index (Phi) is 2.96. The van der Waals surface area contributed by atoms with Crippen molar-refractivity contribution < 1.29 is 0 Å². The van der Waals surface area contributed by atoms with Crippen molar-refractivity contribution in [3.63, 3.8) is 0 Å². The molecule has 0 unspecified atom stereocenters. The summed E-state index contributed by atoms with van der Waals surface area (Å²) < 4.78 is 0. The fourth-order valence-corrected chi connectivity index (χ4v) is 3.07. The molecule has 0 bridgehead atoms. The first kappa shape index (κ1) is 9.83. The smallest absolute Gasteiger partial charge is 0.124 e. The van der Waals surface area contributed by atoms with Crippen molar-refractivity contribution >= 4 is 22.7 Å². The molecule has 0 aliphatic heterocycles. The molecule has 0 aromatic carbocycles. The molecule has 0 saturated carbocycles. The molecule has 2 heterocycles. The zero-order chi connectivity index (χ0) is 9.97. The number of hydrogen-bond acceptors (Lipinski definition) is 4. The van der Waals surface area contributed by atoms with Crippen LogP contribution in [0.15, 0.2) is 17.6 Å². The number of rotatable bonds is 3. The molecule has 0 spiro atoms. The van der Waals surface area contributed by atoms with E-state index in [0.717, 1.165) is 11.6 Å². The minimum absolute atomic E-state index is 0.904. The Morgan fingerprint density at radius 3 is 3.00 bits per heavy atom. The highest BCUT2D eigenvalue weighted by Gasteiger charge is 2.07. The Balaban J connectivity index is 2.29. The number of nitrogens with zero attached hydrogens (tertiary/aromatic N) is 1. The van der Waals surface area contributed by atoms with E-state index in [0.29, 0.717) is 0 Å². The quantitative estimate of drug-likeness (QED) is 0.867. The van der Waals surface area contributed by atoms with Crippen LogP contribution in [0.4, 0.5) is 0 Å². The highest BCUT2D eigenvalue weighted by atomic mass is 32.1. The molecule has 0 saturated heterocycles. The first-order valence-corrected chi connectivity index (χ1v) is 6.14. The second-order valence-electron chi connectivity index (χ2n) is 3.05. The van der Waals surface area contributed by atoms with Crippen LogP contribution in [0.2, 0.25) is 0 Å². The molecule has 2 rings (SSSR count). The van der Waals surface area contributed by atoms with Crippen LogP contribution in [-0.4, -0.2) is 12.0 Å². The summed E-state index contributed by atoms with van der Waals surface area (Å²) in [7, 11) is 1.95. The topological polar surface area (TPSA) is 24.9 Å². The van der Waals surface area contributed by atoms with Crippen molar-refractivity contribution in [2.75, 3.05) is 7.05 Å². The Bertz CT molecular complexity index is 417. The van der Waals surface area contributed by atoms with E-state index in [2.05, 4.69) is 28.7 Å². The van der Waals surface area contributed by atoms with E-state index in [-0.39, 0.29) is 0 Å². The maximum Gasteiger partial charge on any atom is 0.124 e. The van der Waals surface area contributed by atoms with Gasteiger partial charge in [-0.3, -0.25) is 0 Å². The van der Waals surface area contributed by atoms with Gasteiger partial charge in [0.1, 0.15) is 5.01 Å². The predicted molar refractivity (Wildman–Crippen MR) is 62.9 cm³/mol. The zero-order valence-electron chi connectivity index (χ0n) is 8.20. The Morgan fingerprint density at radius 1 is 1.50 bits per heavy atom. The third kappa shape index (κ3) is 1.87. The lowest BCUT2D eigenvalue weighted by Gasteiger charge is -1.92. The van der Waals surface area contributed by atoms with Crippen LogP contribution >= 0.6 is 22.7 Å². The third-order valence-corrected chi connectivity index (χ3v) is 3.87. The van der Waals surface area contributed by atoms with Crippen LogP contribution in [0.5, 0.6) is 0 Å². The number of aryl methyl sites for hydroxylation is 1. The first-order valence-electron chi connectivity index (χ1n) is 4.45. The third-order valence-electron chi connectivity index (χ3n) is 1.99. The van der Waals surface area contributed by atoms with Gasteiger partial charge in [-0.15, -0.1) is 22.7 Å². The van der Waals surface area contributed by atoms with Crippen molar-refractivity contribution in [1.29, 1.82) is 0 Å². The van der Waals surface area contributed by atoms with E-state index >= 15 is 0 Å². The maximum atomic E-state index is 4.42. The number of aromatic nitrogens is 1. The minimum atomic E-state index is 0.904. The lowest BCUT2D eigenvalue weighted by atomic mass is 10.3. The Morgan fingerprint density at radius 2 is 2.36 bits per heavy atom. The van der Waals surface area contributed by atoms with Crippen LogP contribution in [0.1, 0.15) is 9.75 Å². The second-order valence-corrected chi connectivity index (χ2v) is 5.29. The highest BCUT2D eigenvalue weighted by Crippen LogP contribution is 2.30. The molecule has 2 nitrogen and oxygen atoms in total. The summed E-state index contributed by atoms with van der Waals surface area (Å²) in [6, 6.07) is 2.14. The minimum Gasteiger partial charge on any atom is -0.315 e. The summed E-state index contributed by atoms with van der Waals surface area (Å²) in [6.45, 7) is 3.04. The summed E-state index contributed by atoms with van der Waals surface area (Å²) in [4.78, 5) is 7.05. The highest BCUT2D eigenvalue weighted by molar-refractivity contribution is 7.16. The molecule has 74 valence electrons. The maximum absolute atomic E-state index is 4.42. The van der Waals surface area contributed by atoms with Gasteiger partial charge in [0.05, 0.1) is 0 Å². The zero-order valence-corrected chi connectivity index (χ0v) is 9.84. The standard InChI is InChI=1S/C10H12N2S2/c1-7-9(3-4-13-7)10-12-6-8(14-10)5-11-2/h3-4,6,11H,5H2,1-2H3. The van der Waals surface area contributed by atoms with Gasteiger partial charge in [0.25, 0.3) is 0 Å². The Hall–Kier alpha value is -0.710. The SMILES string of the molecule is CNCc1cnc(-c2ccsc2C)s1. The molecule has 2 aromatic heterocycles. The average Bonchev–Trinajstić information content (AvgIpc) is 2.74. The fraction of sp³-hybridized carbons (Fsp3) is 0.300. The second kappa shape index (κ2) is 4.21. The van der Waals surface area contributed by atoms with E-state index < -0.39 is 0 Å². The van der Waals surface area contributed by atoms with Crippen LogP contribution in [0.3, 0.4) is 0 Å². The van der Waals surface area contributed by atoms with Crippen molar-refractivity contribution in [1.82, 2.24) is 10.3 Å². The molecule has 0 atom stereocenters. The van der Waals surface area contributed by atoms with E-state index in [1.165, 1.54) is 15.3 Å². The van der Waals surface area contributed by atoms with Gasteiger partial charge in [-0.25, -0.2) is 4.98 Å². The fourth-order valence-electron chi connectivity index (χ4n) is 1.29. The van der Waals surface area contributed by atoms with Crippen molar-refractivity contribution in [3.05, 3.63) is 27.4 Å². The van der Waals surface area contributed by atoms with Crippen LogP contribution in [0, 0.1) is 6.92 Å². The summed E-state index contributed by atoms with van der Waals surface area (Å²) in [5, 5.41) is 6.38. The number of hydrogen-bond donors (Lipinski definition) is 1. The summed E-state index contributed by atoms with van der Waals surface area (Å²) >= 11 is 3.54. The van der Waals surface area contributed by atoms with Crippen molar-refractivity contribution in [3.8, 4) is 10.6 Å². The molecule has 0 fully saturated rings. The van der Waals surface area contributed by atoms with Crippen molar-refractivity contribution in [2.45, 2.75) is 13.5 Å². The van der Waals surface area contributed by atoms with Crippen molar-refractivity contribution in [2.24, 2.45) is 0 Å². The molecule has 0 aliphatic rings. The molecule has 0 amide bonds. The molecule has 2 aromatic rings. The van der Waals surface area contributed by atoms with Crippen LogP contribution in [-0.2, 0) is 6.54 Å². The lowest BCUT2D eigenvalue weighted by molar-refractivity contribution is 0.829. The Labute approximate surface area is 91.6 Å². The van der Waals surface area contributed by atoms with Gasteiger partial charge in [-0.1, -0.05) is 0 Å². The lowest BCUT2D eigenvalue weighted by Crippen LogP contribution is -2.02. The molecular weight excluding hydrogens is 212 g/mol. The molecule has 14 heavy (non-hydrogen) atoms. The number of nitrogens with one attached hydrogen (secondary N) is 1. The van der Waals surface area contributed by atoms with E-state index in [1.807, 2.05) is 13.2 Å². The van der Waals surface area contributed by atoms with Crippen LogP contribution in [0.25, 0.3) is 10.6 Å². The number of thiophene rings is 1. The monoisotopic (exact) mass is 224 g/mol. The normalized spacial score (nSPS) is 10.7. The van der Waals surface area contributed by atoms with Crippen LogP contribution < -0.4 is 5.32 Å². The average molecular weight is 224 g/mol. The summed E-state index contributed by atoms with van der Waals surface area (Å²) in [6.07, 6.45) is 1.95. The van der Waals surface area contributed by atoms with E-state index in [4.69, 9.17) is 0 Å². The molecule has 0 aliphatic carbocycles. The summed E-state index contributed by atoms with van der Waals surface area (Å²) in [5.41, 5.74) is 1.28. The van der Waals surface area contributed by atoms with E-state index in [1.54, 1.807) is 22.7 Å². The molecular formula is C10H12N2S2. The first-order chi connectivity index (χ1) is 6.81.